The van der Waals surface area contributed by atoms with Gasteiger partial charge in [-0.2, -0.15) is 0 Å². The van der Waals surface area contributed by atoms with Crippen LogP contribution in [0.1, 0.15) is 100 Å². The number of nitrogens with one attached hydrogen (secondary N) is 3. The molecule has 5 amide bonds. The second kappa shape index (κ2) is 17.1. The molecule has 1 saturated heterocycles. The van der Waals surface area contributed by atoms with E-state index in [9.17, 15) is 33.9 Å². The summed E-state index contributed by atoms with van der Waals surface area (Å²) in [5.41, 5.74) is 4.43. The number of carbonyl (C=O) groups excluding carboxylic acids is 5. The number of nitrogens with two attached hydrogens (primary N) is 1. The van der Waals surface area contributed by atoms with E-state index in [0.29, 0.717) is 18.5 Å². The van der Waals surface area contributed by atoms with E-state index in [2.05, 4.69) is 31.2 Å². The van der Waals surface area contributed by atoms with Gasteiger partial charge in [-0.25, -0.2) is 9.48 Å². The van der Waals surface area contributed by atoms with Crippen LogP contribution in [0.15, 0.2) is 30.6 Å². The number of carboxylic acid groups (broad SMARTS) is 1. The highest BCUT2D eigenvalue weighted by atomic mass is 16.4. The first-order valence-corrected chi connectivity index (χ1v) is 17.0. The molecule has 0 bridgehead atoms. The van der Waals surface area contributed by atoms with E-state index in [1.165, 1.54) is 28.0 Å². The van der Waals surface area contributed by atoms with Crippen LogP contribution in [0.4, 0.5) is 4.79 Å². The topological polar surface area (TPSA) is 252 Å². The number of primary amides is 1. The van der Waals surface area contributed by atoms with E-state index in [4.69, 9.17) is 10.8 Å². The fourth-order valence-electron chi connectivity index (χ4n) is 6.72. The number of Topliss-reactive ketones (excluding diaryl/α,β-unsaturated/α-hetero) is 1. The molecule has 2 aromatic rings. The molecule has 0 radical (unpaired) electrons. The third kappa shape index (κ3) is 10.1. The summed E-state index contributed by atoms with van der Waals surface area (Å²) in [6.45, 7) is 3.19. The Bertz CT molecular complexity index is 1520. The Hall–Kier alpha value is -4.93. The second-order valence-corrected chi connectivity index (χ2v) is 13.5. The van der Waals surface area contributed by atoms with E-state index < -0.39 is 65.3 Å². The molecule has 17 heteroatoms. The summed E-state index contributed by atoms with van der Waals surface area (Å²) in [7, 11) is 0. The molecular formula is C33H47N9O8. The van der Waals surface area contributed by atoms with Gasteiger partial charge in [0.1, 0.15) is 23.4 Å². The Labute approximate surface area is 289 Å². The van der Waals surface area contributed by atoms with Crippen molar-refractivity contribution in [3.8, 4) is 0 Å². The lowest BCUT2D eigenvalue weighted by Crippen LogP contribution is -2.56. The molecule has 1 aliphatic carbocycles. The van der Waals surface area contributed by atoms with E-state index in [1.807, 2.05) is 0 Å². The van der Waals surface area contributed by atoms with Crippen molar-refractivity contribution in [1.29, 1.82) is 0 Å². The lowest BCUT2D eigenvalue weighted by molar-refractivity contribution is -0.142. The SMILES string of the molecule is CC(C)(O)c1cnnn1[C@H]1C[C@@H](C(=O)NC(CCCCNC(=O)O)C(=O)C(N)=O)N(C(=O)[C@@H](CC2CCCCC2)NC(=O)c2ccccn2)C1. The van der Waals surface area contributed by atoms with Gasteiger partial charge >= 0.3 is 6.09 Å². The molecule has 4 rings (SSSR count). The number of pyridine rings is 1. The smallest absolute Gasteiger partial charge is 0.404 e. The van der Waals surface area contributed by atoms with Gasteiger partial charge in [0.15, 0.2) is 0 Å². The first-order valence-electron chi connectivity index (χ1n) is 17.0. The molecule has 4 atom stereocenters. The summed E-state index contributed by atoms with van der Waals surface area (Å²) in [5.74, 6) is -3.89. The molecule has 1 saturated carbocycles. The molecule has 50 heavy (non-hydrogen) atoms. The zero-order valence-corrected chi connectivity index (χ0v) is 28.4. The maximum atomic E-state index is 14.5. The Kier molecular flexibility index (Phi) is 13.0. The highest BCUT2D eigenvalue weighted by Crippen LogP contribution is 2.33. The minimum absolute atomic E-state index is 0.00469. The highest BCUT2D eigenvalue weighted by Gasteiger charge is 2.45. The van der Waals surface area contributed by atoms with Crippen LogP contribution < -0.4 is 21.7 Å². The monoisotopic (exact) mass is 697 g/mol. The Morgan fingerprint density at radius 3 is 2.42 bits per heavy atom. The van der Waals surface area contributed by atoms with Gasteiger partial charge in [-0.15, -0.1) is 5.10 Å². The van der Waals surface area contributed by atoms with E-state index in [1.54, 1.807) is 26.0 Å². The largest absolute Gasteiger partial charge is 0.465 e. The summed E-state index contributed by atoms with van der Waals surface area (Å²) in [6.07, 6.45) is 7.52. The molecule has 3 heterocycles. The Morgan fingerprint density at radius 1 is 1.04 bits per heavy atom. The van der Waals surface area contributed by atoms with Gasteiger partial charge in [-0.1, -0.05) is 43.4 Å². The van der Waals surface area contributed by atoms with Crippen molar-refractivity contribution < 1.29 is 39.0 Å². The molecule has 1 aliphatic heterocycles. The lowest BCUT2D eigenvalue weighted by Gasteiger charge is -2.32. The van der Waals surface area contributed by atoms with Crippen molar-refractivity contribution >= 4 is 35.5 Å². The van der Waals surface area contributed by atoms with Crippen LogP contribution >= 0.6 is 0 Å². The first-order chi connectivity index (χ1) is 23.8. The third-order valence-electron chi connectivity index (χ3n) is 9.28. The molecule has 1 unspecified atom stereocenters. The maximum Gasteiger partial charge on any atom is 0.404 e. The van der Waals surface area contributed by atoms with E-state index in [0.717, 1.165) is 32.1 Å². The van der Waals surface area contributed by atoms with E-state index in [-0.39, 0.29) is 44.0 Å². The van der Waals surface area contributed by atoms with Gasteiger partial charge in [0.2, 0.25) is 17.6 Å². The number of nitrogens with zero attached hydrogens (tertiary/aromatic N) is 5. The average molecular weight is 698 g/mol. The number of amides is 5. The Morgan fingerprint density at radius 2 is 1.78 bits per heavy atom. The highest BCUT2D eigenvalue weighted by molar-refractivity contribution is 6.37. The van der Waals surface area contributed by atoms with Crippen molar-refractivity contribution in [3.05, 3.63) is 42.0 Å². The quantitative estimate of drug-likeness (QED) is 0.106. The molecular weight excluding hydrogens is 650 g/mol. The minimum atomic E-state index is -1.35. The standard InChI is InChI=1S/C33H47N9O8/c1-33(2,50)26-18-37-40-42(26)21-17-25(30(46)38-22(27(43)28(34)44)12-6-9-15-36-32(48)49)41(19-21)31(47)24(16-20-10-4-3-5-11-20)39-29(45)23-13-7-8-14-35-23/h7-8,13-14,18,20-22,24-25,36,50H,3-6,9-12,15-17,19H2,1-2H3,(H2,34,44)(H,38,46)(H,39,45)(H,48,49)/t21-,22?,24+,25-/m0/s1. The van der Waals surface area contributed by atoms with Crippen molar-refractivity contribution in [2.45, 2.75) is 108 Å². The van der Waals surface area contributed by atoms with Crippen LogP contribution in [0.5, 0.6) is 0 Å². The van der Waals surface area contributed by atoms with E-state index >= 15 is 0 Å². The first kappa shape index (κ1) is 37.9. The number of likely N-dealkylation sites (tertiary alicyclic amines) is 1. The molecule has 272 valence electrons. The molecule has 0 aromatic carbocycles. The summed E-state index contributed by atoms with van der Waals surface area (Å²) in [6, 6.07) is 0.768. The number of hydrogen-bond donors (Lipinski definition) is 6. The fraction of sp³-hybridized carbons (Fsp3) is 0.606. The molecule has 2 aromatic heterocycles. The number of ketones is 1. The molecule has 2 fully saturated rings. The average Bonchev–Trinajstić information content (AvgIpc) is 3.76. The zero-order valence-electron chi connectivity index (χ0n) is 28.4. The van der Waals surface area contributed by atoms with Crippen LogP contribution in [0, 0.1) is 5.92 Å². The number of unbranched alkanes of at least 4 members (excludes halogenated alkanes) is 1. The lowest BCUT2D eigenvalue weighted by atomic mass is 9.84. The van der Waals surface area contributed by atoms with Crippen molar-refractivity contribution in [1.82, 2.24) is 40.8 Å². The normalized spacial score (nSPS) is 19.3. The number of carbonyl (C=O) groups is 6. The summed E-state index contributed by atoms with van der Waals surface area (Å²) in [4.78, 5) is 82.9. The van der Waals surface area contributed by atoms with Gasteiger partial charge in [-0.05, 0) is 57.6 Å². The maximum absolute atomic E-state index is 14.5. The molecule has 2 aliphatic rings. The minimum Gasteiger partial charge on any atom is -0.465 e. The van der Waals surface area contributed by atoms with Gasteiger partial charge in [0.25, 0.3) is 11.8 Å². The predicted molar refractivity (Wildman–Crippen MR) is 177 cm³/mol. The summed E-state index contributed by atoms with van der Waals surface area (Å²) in [5, 5.41) is 35.4. The van der Waals surface area contributed by atoms with Gasteiger partial charge in [0, 0.05) is 25.7 Å². The number of aromatic nitrogens is 4. The number of rotatable bonds is 16. The number of hydrogen-bond acceptors (Lipinski definition) is 10. The second-order valence-electron chi connectivity index (χ2n) is 13.5. The van der Waals surface area contributed by atoms with Crippen LogP contribution in [0.3, 0.4) is 0 Å². The molecule has 17 nitrogen and oxygen atoms in total. The van der Waals surface area contributed by atoms with Gasteiger partial charge < -0.3 is 36.8 Å². The Balaban J connectivity index is 1.63. The van der Waals surface area contributed by atoms with Gasteiger partial charge in [-0.3, -0.25) is 29.0 Å². The summed E-state index contributed by atoms with van der Waals surface area (Å²) >= 11 is 0. The van der Waals surface area contributed by atoms with Crippen molar-refractivity contribution in [2.75, 3.05) is 13.1 Å². The predicted octanol–water partition coefficient (Wildman–Crippen LogP) is 0.789. The van der Waals surface area contributed by atoms with Crippen LogP contribution in [-0.2, 0) is 24.8 Å². The third-order valence-corrected chi connectivity index (χ3v) is 9.28. The number of aliphatic hydroxyl groups is 1. The molecule has 0 spiro atoms. The van der Waals surface area contributed by atoms with Crippen LogP contribution in [-0.4, -0.2) is 102 Å². The van der Waals surface area contributed by atoms with Gasteiger partial charge in [0.05, 0.1) is 24.0 Å². The summed E-state index contributed by atoms with van der Waals surface area (Å²) < 4.78 is 1.47. The van der Waals surface area contributed by atoms with Crippen LogP contribution in [0.25, 0.3) is 0 Å². The van der Waals surface area contributed by atoms with Crippen molar-refractivity contribution in [2.24, 2.45) is 11.7 Å². The fourth-order valence-corrected chi connectivity index (χ4v) is 6.72. The zero-order chi connectivity index (χ0) is 36.4. The molecule has 7 N–H and O–H groups in total. The van der Waals surface area contributed by atoms with Crippen molar-refractivity contribution in [3.63, 3.8) is 0 Å². The van der Waals surface area contributed by atoms with Crippen LogP contribution in [0.2, 0.25) is 0 Å².